The summed E-state index contributed by atoms with van der Waals surface area (Å²) in [5, 5.41) is 0. The molecular formula is C34H54O4. The normalized spacial score (nSPS) is 16.7. The van der Waals surface area contributed by atoms with Crippen LogP contribution in [0.25, 0.3) is 0 Å². The van der Waals surface area contributed by atoms with Gasteiger partial charge in [-0.2, -0.15) is 0 Å². The quantitative estimate of drug-likeness (QED) is 0.228. The number of carbonyl (C=O) groups is 4. The van der Waals surface area contributed by atoms with Crippen molar-refractivity contribution in [2.24, 2.45) is 17.8 Å². The van der Waals surface area contributed by atoms with E-state index in [4.69, 9.17) is 0 Å². The standard InChI is InChI=1S/C31H46O4.C3H8/c1-8-11-24(26(9-2)28(34)16-21(4)33)17-23-18-25-13-14-27(22(5)30(25)29(35)19-23)31(6,7)15-10-12-20(3)32;1-3-2/h13-14,23-24,26H,8-12,15-19H2,1-7H3;3H2,1-2H3. The maximum atomic E-state index is 13.4. The maximum Gasteiger partial charge on any atom is 0.163 e. The van der Waals surface area contributed by atoms with E-state index in [0.29, 0.717) is 12.8 Å². The van der Waals surface area contributed by atoms with Gasteiger partial charge in [-0.05, 0) is 86.8 Å². The van der Waals surface area contributed by atoms with Crippen molar-refractivity contribution < 1.29 is 19.2 Å². The molecule has 1 aromatic carbocycles. The molecule has 0 N–H and O–H groups in total. The minimum absolute atomic E-state index is 0.0231. The van der Waals surface area contributed by atoms with Crippen LogP contribution in [0.4, 0.5) is 0 Å². The zero-order valence-corrected chi connectivity index (χ0v) is 25.8. The summed E-state index contributed by atoms with van der Waals surface area (Å²) >= 11 is 0. The molecule has 4 heteroatoms. The molecule has 0 fully saturated rings. The summed E-state index contributed by atoms with van der Waals surface area (Å²) in [6, 6.07) is 4.33. The SMILES string of the molecule is CCC.CCCC(CC1CC(=O)c2c(ccc(C(C)(C)CCCC(C)=O)c2C)C1)C(CC)C(=O)CC(C)=O. The van der Waals surface area contributed by atoms with Crippen molar-refractivity contribution in [2.75, 3.05) is 0 Å². The van der Waals surface area contributed by atoms with Crippen LogP contribution in [0.2, 0.25) is 0 Å². The fraction of sp³-hybridized carbons (Fsp3) is 0.706. The lowest BCUT2D eigenvalue weighted by atomic mass is 9.70. The van der Waals surface area contributed by atoms with Crippen LogP contribution in [0.3, 0.4) is 0 Å². The molecule has 0 spiro atoms. The lowest BCUT2D eigenvalue weighted by Crippen LogP contribution is -2.30. The summed E-state index contributed by atoms with van der Waals surface area (Å²) < 4.78 is 0. The average molecular weight is 527 g/mol. The van der Waals surface area contributed by atoms with Crippen LogP contribution >= 0.6 is 0 Å². The molecule has 0 amide bonds. The van der Waals surface area contributed by atoms with Gasteiger partial charge in [-0.1, -0.05) is 72.9 Å². The van der Waals surface area contributed by atoms with E-state index in [2.05, 4.69) is 53.7 Å². The molecule has 1 aliphatic rings. The van der Waals surface area contributed by atoms with Crippen LogP contribution in [0.1, 0.15) is 147 Å². The zero-order valence-electron chi connectivity index (χ0n) is 25.8. The number of hydrogen-bond donors (Lipinski definition) is 0. The van der Waals surface area contributed by atoms with E-state index in [-0.39, 0.29) is 52.7 Å². The van der Waals surface area contributed by atoms with E-state index < -0.39 is 0 Å². The monoisotopic (exact) mass is 526 g/mol. The van der Waals surface area contributed by atoms with E-state index in [1.165, 1.54) is 18.9 Å². The summed E-state index contributed by atoms with van der Waals surface area (Å²) in [5.41, 5.74) is 4.22. The first-order valence-corrected chi connectivity index (χ1v) is 15.0. The molecular weight excluding hydrogens is 472 g/mol. The predicted molar refractivity (Wildman–Crippen MR) is 158 cm³/mol. The lowest BCUT2D eigenvalue weighted by molar-refractivity contribution is -0.130. The lowest BCUT2D eigenvalue weighted by Gasteiger charge is -2.34. The summed E-state index contributed by atoms with van der Waals surface area (Å²) in [6.45, 7) is 18.0. The van der Waals surface area contributed by atoms with Crippen LogP contribution in [0.5, 0.6) is 0 Å². The molecule has 0 aliphatic heterocycles. The molecule has 4 nitrogen and oxygen atoms in total. The Morgan fingerprint density at radius 2 is 1.63 bits per heavy atom. The highest BCUT2D eigenvalue weighted by atomic mass is 16.1. The van der Waals surface area contributed by atoms with Crippen LogP contribution in [0, 0.1) is 24.7 Å². The Bertz CT molecular complexity index is 955. The van der Waals surface area contributed by atoms with Crippen LogP contribution in [0.15, 0.2) is 12.1 Å². The Balaban J connectivity index is 0.00000229. The second kappa shape index (κ2) is 16.1. The Hall–Kier alpha value is -2.10. The molecule has 3 unspecified atom stereocenters. The van der Waals surface area contributed by atoms with Gasteiger partial charge in [0.15, 0.2) is 5.78 Å². The second-order valence-corrected chi connectivity index (χ2v) is 12.3. The molecule has 0 saturated carbocycles. The van der Waals surface area contributed by atoms with Crippen molar-refractivity contribution in [2.45, 2.75) is 138 Å². The fourth-order valence-corrected chi connectivity index (χ4v) is 6.37. The summed E-state index contributed by atoms with van der Waals surface area (Å²) in [6.07, 6.45) is 8.58. The van der Waals surface area contributed by atoms with Gasteiger partial charge in [0.25, 0.3) is 0 Å². The molecule has 0 radical (unpaired) electrons. The van der Waals surface area contributed by atoms with Crippen LogP contribution in [-0.4, -0.2) is 23.1 Å². The minimum Gasteiger partial charge on any atom is -0.300 e. The topological polar surface area (TPSA) is 68.3 Å². The van der Waals surface area contributed by atoms with Crippen molar-refractivity contribution in [3.63, 3.8) is 0 Å². The fourth-order valence-electron chi connectivity index (χ4n) is 6.37. The van der Waals surface area contributed by atoms with Crippen molar-refractivity contribution in [1.82, 2.24) is 0 Å². The Morgan fingerprint density at radius 3 is 2.16 bits per heavy atom. The van der Waals surface area contributed by atoms with Crippen LogP contribution < -0.4 is 0 Å². The van der Waals surface area contributed by atoms with Gasteiger partial charge >= 0.3 is 0 Å². The number of ketones is 4. The van der Waals surface area contributed by atoms with E-state index in [0.717, 1.165) is 61.6 Å². The second-order valence-electron chi connectivity index (χ2n) is 12.3. The molecule has 0 heterocycles. The third-order valence-corrected chi connectivity index (χ3v) is 8.01. The summed E-state index contributed by atoms with van der Waals surface area (Å²) in [7, 11) is 0. The van der Waals surface area contributed by atoms with Crippen molar-refractivity contribution in [3.05, 3.63) is 34.4 Å². The van der Waals surface area contributed by atoms with Crippen molar-refractivity contribution >= 4 is 23.1 Å². The highest BCUT2D eigenvalue weighted by Crippen LogP contribution is 2.40. The molecule has 1 aliphatic carbocycles. The van der Waals surface area contributed by atoms with E-state index in [9.17, 15) is 19.2 Å². The summed E-state index contributed by atoms with van der Waals surface area (Å²) in [5.74, 6) is 0.786. The van der Waals surface area contributed by atoms with Gasteiger partial charge in [0.05, 0.1) is 6.42 Å². The van der Waals surface area contributed by atoms with Crippen LogP contribution in [-0.2, 0) is 26.2 Å². The molecule has 38 heavy (non-hydrogen) atoms. The number of rotatable bonds is 14. The van der Waals surface area contributed by atoms with Gasteiger partial charge in [0.2, 0.25) is 0 Å². The number of benzene rings is 1. The molecule has 2 rings (SSSR count). The number of Topliss-reactive ketones (excluding diaryl/α,β-unsaturated/α-hetero) is 4. The Kier molecular flexibility index (Phi) is 14.4. The third-order valence-electron chi connectivity index (χ3n) is 8.01. The molecule has 0 aromatic heterocycles. The molecule has 3 atom stereocenters. The van der Waals surface area contributed by atoms with E-state index >= 15 is 0 Å². The molecule has 1 aromatic rings. The first-order chi connectivity index (χ1) is 17.8. The summed E-state index contributed by atoms with van der Waals surface area (Å²) in [4.78, 5) is 49.1. The number of fused-ring (bicyclic) bond motifs is 1. The van der Waals surface area contributed by atoms with Gasteiger partial charge in [-0.15, -0.1) is 0 Å². The first-order valence-electron chi connectivity index (χ1n) is 15.0. The van der Waals surface area contributed by atoms with Gasteiger partial charge in [-0.3, -0.25) is 14.4 Å². The first kappa shape index (κ1) is 33.9. The third kappa shape index (κ3) is 9.89. The smallest absolute Gasteiger partial charge is 0.163 e. The molecule has 214 valence electrons. The molecule has 0 saturated heterocycles. The average Bonchev–Trinajstić information content (AvgIpc) is 2.79. The minimum atomic E-state index is -0.102. The van der Waals surface area contributed by atoms with Gasteiger partial charge < -0.3 is 4.79 Å². The molecule has 0 bridgehead atoms. The van der Waals surface area contributed by atoms with Gasteiger partial charge in [-0.25, -0.2) is 0 Å². The Labute approximate surface area is 232 Å². The van der Waals surface area contributed by atoms with Crippen molar-refractivity contribution in [3.8, 4) is 0 Å². The van der Waals surface area contributed by atoms with Crippen molar-refractivity contribution in [1.29, 1.82) is 0 Å². The predicted octanol–water partition coefficient (Wildman–Crippen LogP) is 8.57. The highest BCUT2D eigenvalue weighted by molar-refractivity contribution is 6.00. The Morgan fingerprint density at radius 1 is 1.00 bits per heavy atom. The largest absolute Gasteiger partial charge is 0.300 e. The van der Waals surface area contributed by atoms with E-state index in [1.807, 2.05) is 6.92 Å². The van der Waals surface area contributed by atoms with Gasteiger partial charge in [0, 0.05) is 24.3 Å². The highest BCUT2D eigenvalue weighted by Gasteiger charge is 2.34. The number of hydrogen-bond acceptors (Lipinski definition) is 4. The van der Waals surface area contributed by atoms with E-state index in [1.54, 1.807) is 6.92 Å². The maximum absolute atomic E-state index is 13.4. The zero-order chi connectivity index (χ0) is 29.0. The number of carbonyl (C=O) groups excluding carboxylic acids is 4. The van der Waals surface area contributed by atoms with Gasteiger partial charge in [0.1, 0.15) is 17.3 Å².